The van der Waals surface area contributed by atoms with Gasteiger partial charge < -0.3 is 9.47 Å². The molecule has 0 spiro atoms. The van der Waals surface area contributed by atoms with Crippen molar-refractivity contribution in [1.82, 2.24) is 4.98 Å². The summed E-state index contributed by atoms with van der Waals surface area (Å²) in [5, 5.41) is 0. The lowest BCUT2D eigenvalue weighted by atomic mass is 10.1. The number of anilines is 1. The Balaban J connectivity index is 2.22. The van der Waals surface area contributed by atoms with Gasteiger partial charge in [-0.2, -0.15) is 0 Å². The zero-order valence-corrected chi connectivity index (χ0v) is 19.7. The summed E-state index contributed by atoms with van der Waals surface area (Å²) in [7, 11) is 2.94. The Morgan fingerprint density at radius 2 is 1.37 bits per heavy atom. The number of pyridine rings is 1. The van der Waals surface area contributed by atoms with Crippen molar-refractivity contribution in [1.29, 1.82) is 0 Å². The molecular weight excluding hydrogens is 516 g/mol. The predicted molar refractivity (Wildman–Crippen MR) is 122 cm³/mol. The van der Waals surface area contributed by atoms with Crippen molar-refractivity contribution in [2.24, 2.45) is 0 Å². The number of amides is 2. The quantitative estimate of drug-likeness (QED) is 0.410. The minimum absolute atomic E-state index is 0.222. The standard InChI is InChI=1S/C22H18Br2N2O4/c1-13-5-4-10-25-20(13)26(21(27)16-11-14(23)6-8-18(16)29-2)22(28)17-12-15(24)7-9-19(17)30-3/h4-12H,1-3H3. The Morgan fingerprint density at radius 1 is 0.867 bits per heavy atom. The van der Waals surface area contributed by atoms with Crippen LogP contribution < -0.4 is 14.4 Å². The number of aryl methyl sites for hydroxylation is 1. The van der Waals surface area contributed by atoms with E-state index in [-0.39, 0.29) is 16.9 Å². The van der Waals surface area contributed by atoms with E-state index in [1.165, 1.54) is 20.4 Å². The molecule has 0 saturated heterocycles. The lowest BCUT2D eigenvalue weighted by Gasteiger charge is -2.23. The van der Waals surface area contributed by atoms with E-state index in [0.717, 1.165) is 4.90 Å². The highest BCUT2D eigenvalue weighted by molar-refractivity contribution is 9.10. The SMILES string of the molecule is COc1ccc(Br)cc1C(=O)N(C(=O)c1cc(Br)ccc1OC)c1ncccc1C. The molecule has 8 heteroatoms. The van der Waals surface area contributed by atoms with Gasteiger partial charge in [-0.25, -0.2) is 9.88 Å². The van der Waals surface area contributed by atoms with Gasteiger partial charge in [0.05, 0.1) is 25.3 Å². The highest BCUT2D eigenvalue weighted by atomic mass is 79.9. The van der Waals surface area contributed by atoms with Crippen LogP contribution in [0.5, 0.6) is 11.5 Å². The molecule has 0 unspecified atom stereocenters. The van der Waals surface area contributed by atoms with Crippen LogP contribution in [0, 0.1) is 6.92 Å². The van der Waals surface area contributed by atoms with Crippen molar-refractivity contribution in [3.8, 4) is 11.5 Å². The summed E-state index contributed by atoms with van der Waals surface area (Å²) in [5.74, 6) is -0.216. The molecule has 0 radical (unpaired) electrons. The van der Waals surface area contributed by atoms with Gasteiger partial charge in [-0.15, -0.1) is 0 Å². The number of benzene rings is 2. The molecular formula is C22H18Br2N2O4. The molecule has 3 rings (SSSR count). The number of halogens is 2. The second-order valence-corrected chi connectivity index (χ2v) is 8.11. The molecule has 0 atom stereocenters. The fraction of sp³-hybridized carbons (Fsp3) is 0.136. The van der Waals surface area contributed by atoms with E-state index in [1.54, 1.807) is 55.5 Å². The first-order valence-corrected chi connectivity index (χ1v) is 10.4. The van der Waals surface area contributed by atoms with Crippen LogP contribution >= 0.6 is 31.9 Å². The fourth-order valence-corrected chi connectivity index (χ4v) is 3.65. The Bertz CT molecular complexity index is 1050. The molecule has 0 N–H and O–H groups in total. The number of rotatable bonds is 5. The minimum Gasteiger partial charge on any atom is -0.496 e. The molecule has 3 aromatic rings. The number of hydrogen-bond donors (Lipinski definition) is 0. The summed E-state index contributed by atoms with van der Waals surface area (Å²) in [6.07, 6.45) is 1.53. The van der Waals surface area contributed by atoms with Crippen molar-refractivity contribution in [2.75, 3.05) is 19.1 Å². The van der Waals surface area contributed by atoms with Crippen molar-refractivity contribution in [3.63, 3.8) is 0 Å². The van der Waals surface area contributed by atoms with Gasteiger partial charge in [0.15, 0.2) is 0 Å². The van der Waals surface area contributed by atoms with Crippen molar-refractivity contribution in [2.45, 2.75) is 6.92 Å². The summed E-state index contributed by atoms with van der Waals surface area (Å²) >= 11 is 6.75. The summed E-state index contributed by atoms with van der Waals surface area (Å²) in [6, 6.07) is 13.6. The molecule has 0 fully saturated rings. The molecule has 6 nitrogen and oxygen atoms in total. The largest absolute Gasteiger partial charge is 0.496 e. The van der Waals surface area contributed by atoms with Gasteiger partial charge in [0, 0.05) is 15.1 Å². The maximum absolute atomic E-state index is 13.6. The topological polar surface area (TPSA) is 68.7 Å². The average molecular weight is 534 g/mol. The number of methoxy groups -OCH3 is 2. The van der Waals surface area contributed by atoms with Gasteiger partial charge >= 0.3 is 0 Å². The Morgan fingerprint density at radius 3 is 1.80 bits per heavy atom. The predicted octanol–water partition coefficient (Wildman–Crippen LogP) is 5.42. The van der Waals surface area contributed by atoms with E-state index < -0.39 is 11.8 Å². The van der Waals surface area contributed by atoms with Gasteiger partial charge in [0.25, 0.3) is 11.8 Å². The lowest BCUT2D eigenvalue weighted by Crippen LogP contribution is -2.38. The molecule has 154 valence electrons. The maximum Gasteiger partial charge on any atom is 0.270 e. The third kappa shape index (κ3) is 4.39. The maximum atomic E-state index is 13.6. The average Bonchev–Trinajstić information content (AvgIpc) is 2.75. The first-order valence-electron chi connectivity index (χ1n) is 8.84. The van der Waals surface area contributed by atoms with Crippen LogP contribution in [0.3, 0.4) is 0 Å². The Labute approximate surface area is 191 Å². The number of aromatic nitrogens is 1. The molecule has 0 bridgehead atoms. The van der Waals surface area contributed by atoms with Crippen LogP contribution in [0.2, 0.25) is 0 Å². The van der Waals surface area contributed by atoms with E-state index in [0.29, 0.717) is 26.0 Å². The van der Waals surface area contributed by atoms with Crippen molar-refractivity contribution in [3.05, 3.63) is 80.4 Å². The Kier molecular flexibility index (Phi) is 6.89. The second kappa shape index (κ2) is 9.40. The highest BCUT2D eigenvalue weighted by Crippen LogP contribution is 2.31. The number of carbonyl (C=O) groups excluding carboxylic acids is 2. The molecule has 0 aliphatic heterocycles. The molecule has 1 heterocycles. The van der Waals surface area contributed by atoms with Crippen molar-refractivity contribution < 1.29 is 19.1 Å². The molecule has 0 aliphatic rings. The van der Waals surface area contributed by atoms with Gasteiger partial charge in [-0.1, -0.05) is 37.9 Å². The van der Waals surface area contributed by atoms with Gasteiger partial charge in [-0.05, 0) is 55.0 Å². The molecule has 2 amide bonds. The normalized spacial score (nSPS) is 10.4. The molecule has 2 aromatic carbocycles. The second-order valence-electron chi connectivity index (χ2n) is 6.28. The van der Waals surface area contributed by atoms with Crippen LogP contribution in [0.15, 0.2) is 63.7 Å². The number of ether oxygens (including phenoxy) is 2. The third-order valence-corrected chi connectivity index (χ3v) is 5.37. The number of imide groups is 1. The van der Waals surface area contributed by atoms with E-state index in [9.17, 15) is 9.59 Å². The zero-order valence-electron chi connectivity index (χ0n) is 16.5. The highest BCUT2D eigenvalue weighted by Gasteiger charge is 2.32. The van der Waals surface area contributed by atoms with Crippen LogP contribution in [0.25, 0.3) is 0 Å². The van der Waals surface area contributed by atoms with E-state index >= 15 is 0 Å². The van der Waals surface area contributed by atoms with Gasteiger partial charge in [0.1, 0.15) is 17.3 Å². The summed E-state index contributed by atoms with van der Waals surface area (Å²) in [5.41, 5.74) is 1.11. The first-order chi connectivity index (χ1) is 14.4. The van der Waals surface area contributed by atoms with Gasteiger partial charge in [-0.3, -0.25) is 9.59 Å². The van der Waals surface area contributed by atoms with Crippen LogP contribution in [0.1, 0.15) is 26.3 Å². The summed E-state index contributed by atoms with van der Waals surface area (Å²) < 4.78 is 12.1. The monoisotopic (exact) mass is 532 g/mol. The van der Waals surface area contributed by atoms with E-state index in [1.807, 2.05) is 0 Å². The number of hydrogen-bond acceptors (Lipinski definition) is 5. The van der Waals surface area contributed by atoms with Crippen molar-refractivity contribution >= 4 is 49.5 Å². The molecule has 1 aromatic heterocycles. The fourth-order valence-electron chi connectivity index (χ4n) is 2.93. The minimum atomic E-state index is -0.568. The van der Waals surface area contributed by atoms with Crippen LogP contribution in [0.4, 0.5) is 5.82 Å². The Hall–Kier alpha value is -2.71. The summed E-state index contributed by atoms with van der Waals surface area (Å²) in [4.78, 5) is 32.6. The lowest BCUT2D eigenvalue weighted by molar-refractivity contribution is 0.0893. The number of carbonyl (C=O) groups is 2. The smallest absolute Gasteiger partial charge is 0.270 e. The molecule has 0 aliphatic carbocycles. The van der Waals surface area contributed by atoms with Crippen LogP contribution in [-0.4, -0.2) is 31.0 Å². The van der Waals surface area contributed by atoms with Crippen LogP contribution in [-0.2, 0) is 0 Å². The number of nitrogens with zero attached hydrogens (tertiary/aromatic N) is 2. The van der Waals surface area contributed by atoms with E-state index in [4.69, 9.17) is 9.47 Å². The molecule has 0 saturated carbocycles. The first kappa shape index (κ1) is 22.0. The van der Waals surface area contributed by atoms with Gasteiger partial charge in [0.2, 0.25) is 0 Å². The zero-order chi connectivity index (χ0) is 21.8. The molecule has 30 heavy (non-hydrogen) atoms. The third-order valence-electron chi connectivity index (χ3n) is 4.38. The van der Waals surface area contributed by atoms with E-state index in [2.05, 4.69) is 36.8 Å². The summed E-state index contributed by atoms with van der Waals surface area (Å²) in [6.45, 7) is 1.78.